The third kappa shape index (κ3) is 5.50. The van der Waals surface area contributed by atoms with E-state index in [4.69, 9.17) is 11.6 Å². The third-order valence-electron chi connectivity index (χ3n) is 0.859. The summed E-state index contributed by atoms with van der Waals surface area (Å²) in [5.41, 5.74) is 0. The van der Waals surface area contributed by atoms with Crippen molar-refractivity contribution in [3.05, 3.63) is 0 Å². The maximum absolute atomic E-state index is 10.5. The molecule has 0 atom stereocenters. The molecule has 0 amide bonds. The quantitative estimate of drug-likeness (QED) is 0.431. The molecule has 0 N–H and O–H groups in total. The largest absolute Gasteiger partial charge is 0.299 e. The van der Waals surface area contributed by atoms with Gasteiger partial charge in [-0.15, -0.1) is 11.6 Å². The molecule has 3 heteroatoms. The van der Waals surface area contributed by atoms with Gasteiger partial charge in [0.15, 0.2) is 0 Å². The molecule has 0 aliphatic rings. The summed E-state index contributed by atoms with van der Waals surface area (Å²) in [5.74, 6) is 0.399. The van der Waals surface area contributed by atoms with Gasteiger partial charge in [-0.05, 0) is 6.42 Å². The highest BCUT2D eigenvalue weighted by Gasteiger charge is 1.98. The second kappa shape index (κ2) is 5.76. The molecule has 0 fully saturated rings. The molecule has 0 unspecified atom stereocenters. The van der Waals surface area contributed by atoms with Crippen LogP contribution in [0.3, 0.4) is 0 Å². The number of rotatable bonds is 5. The van der Waals surface area contributed by atoms with E-state index in [0.29, 0.717) is 18.7 Å². The highest BCUT2D eigenvalue weighted by Crippen LogP contribution is 1.94. The van der Waals surface area contributed by atoms with Crippen LogP contribution in [-0.2, 0) is 9.59 Å². The van der Waals surface area contributed by atoms with Crippen molar-refractivity contribution in [1.82, 2.24) is 0 Å². The molecule has 0 rings (SSSR count). The fourth-order valence-electron chi connectivity index (χ4n) is 0.433. The Hall–Kier alpha value is -0.370. The number of alkyl halides is 1. The van der Waals surface area contributed by atoms with Crippen LogP contribution in [0.5, 0.6) is 0 Å². The molecular formula is C6H8ClO2. The van der Waals surface area contributed by atoms with Gasteiger partial charge in [0.1, 0.15) is 5.78 Å². The number of hydrogen-bond donors (Lipinski definition) is 0. The summed E-state index contributed by atoms with van der Waals surface area (Å²) in [6, 6.07) is 0. The first-order chi connectivity index (χ1) is 4.31. The summed E-state index contributed by atoms with van der Waals surface area (Å²) >= 11 is 5.30. The maximum atomic E-state index is 10.5. The van der Waals surface area contributed by atoms with Crippen LogP contribution >= 0.6 is 11.6 Å². The van der Waals surface area contributed by atoms with Crippen LogP contribution in [0.15, 0.2) is 0 Å². The first kappa shape index (κ1) is 8.63. The maximum Gasteiger partial charge on any atom is 0.206 e. The fourth-order valence-corrected chi connectivity index (χ4v) is 0.566. The summed E-state index contributed by atoms with van der Waals surface area (Å²) in [6.45, 7) is 0. The molecular weight excluding hydrogens is 140 g/mol. The second-order valence-corrected chi connectivity index (χ2v) is 2.03. The van der Waals surface area contributed by atoms with E-state index in [2.05, 4.69) is 0 Å². The van der Waals surface area contributed by atoms with Crippen molar-refractivity contribution < 1.29 is 9.59 Å². The molecule has 51 valence electrons. The van der Waals surface area contributed by atoms with Crippen molar-refractivity contribution in [1.29, 1.82) is 0 Å². The fraction of sp³-hybridized carbons (Fsp3) is 0.667. The zero-order chi connectivity index (χ0) is 7.11. The highest BCUT2D eigenvalue weighted by atomic mass is 35.5. The first-order valence-corrected chi connectivity index (χ1v) is 3.27. The Labute approximate surface area is 59.2 Å². The van der Waals surface area contributed by atoms with Crippen molar-refractivity contribution in [3.8, 4) is 0 Å². The lowest BCUT2D eigenvalue weighted by Crippen LogP contribution is -1.97. The van der Waals surface area contributed by atoms with Gasteiger partial charge in [-0.1, -0.05) is 0 Å². The molecule has 0 aliphatic carbocycles. The third-order valence-corrected chi connectivity index (χ3v) is 1.13. The van der Waals surface area contributed by atoms with Crippen molar-refractivity contribution in [2.75, 3.05) is 5.88 Å². The number of hydrogen-bond acceptors (Lipinski definition) is 2. The van der Waals surface area contributed by atoms with E-state index in [9.17, 15) is 9.59 Å². The minimum absolute atomic E-state index is 0.0781. The molecule has 0 aromatic heterocycles. The van der Waals surface area contributed by atoms with Gasteiger partial charge in [0.05, 0.1) is 6.42 Å². The van der Waals surface area contributed by atoms with E-state index >= 15 is 0 Å². The zero-order valence-corrected chi connectivity index (χ0v) is 5.78. The number of Topliss-reactive ketones (excluding diaryl/α,β-unsaturated/α-hetero) is 1. The molecule has 2 nitrogen and oxygen atoms in total. The van der Waals surface area contributed by atoms with Crippen molar-refractivity contribution in [2.24, 2.45) is 0 Å². The standard InChI is InChI=1S/C6H8ClO2/c7-4-1-2-6(9)3-5-8/h1-4H2. The minimum Gasteiger partial charge on any atom is -0.299 e. The van der Waals surface area contributed by atoms with E-state index in [1.807, 2.05) is 0 Å². The van der Waals surface area contributed by atoms with Crippen LogP contribution in [-0.4, -0.2) is 17.9 Å². The summed E-state index contributed by atoms with van der Waals surface area (Å²) in [4.78, 5) is 20.1. The van der Waals surface area contributed by atoms with Crippen LogP contribution in [0.1, 0.15) is 19.3 Å². The Morgan fingerprint density at radius 1 is 1.56 bits per heavy atom. The first-order valence-electron chi connectivity index (χ1n) is 2.74. The lowest BCUT2D eigenvalue weighted by atomic mass is 10.2. The summed E-state index contributed by atoms with van der Waals surface area (Å²) in [5, 5.41) is 0. The molecule has 1 radical (unpaired) electrons. The zero-order valence-electron chi connectivity index (χ0n) is 5.02. The summed E-state index contributed by atoms with van der Waals surface area (Å²) in [6.07, 6.45) is 2.50. The molecule has 0 aromatic rings. The average molecular weight is 148 g/mol. The van der Waals surface area contributed by atoms with E-state index in [1.54, 1.807) is 0 Å². The average Bonchev–Trinajstić information content (AvgIpc) is 1.85. The Morgan fingerprint density at radius 3 is 2.67 bits per heavy atom. The molecule has 0 aliphatic heterocycles. The van der Waals surface area contributed by atoms with E-state index < -0.39 is 0 Å². The van der Waals surface area contributed by atoms with Crippen LogP contribution < -0.4 is 0 Å². The van der Waals surface area contributed by atoms with Crippen LogP contribution in [0.25, 0.3) is 0 Å². The number of carbonyl (C=O) groups excluding carboxylic acids is 2. The number of carbonyl (C=O) groups is 1. The van der Waals surface area contributed by atoms with E-state index in [-0.39, 0.29) is 12.2 Å². The Morgan fingerprint density at radius 2 is 2.22 bits per heavy atom. The Bertz CT molecular complexity index is 101. The molecule has 0 bridgehead atoms. The van der Waals surface area contributed by atoms with Gasteiger partial charge in [0.2, 0.25) is 6.29 Å². The normalized spacial score (nSPS) is 9.00. The van der Waals surface area contributed by atoms with Gasteiger partial charge < -0.3 is 0 Å². The van der Waals surface area contributed by atoms with Gasteiger partial charge in [-0.2, -0.15) is 0 Å². The topological polar surface area (TPSA) is 34.1 Å². The monoisotopic (exact) mass is 147 g/mol. The molecule has 0 aromatic carbocycles. The van der Waals surface area contributed by atoms with Crippen LogP contribution in [0.4, 0.5) is 0 Å². The smallest absolute Gasteiger partial charge is 0.206 e. The Kier molecular flexibility index (Phi) is 5.52. The van der Waals surface area contributed by atoms with E-state index in [1.165, 1.54) is 6.29 Å². The van der Waals surface area contributed by atoms with Crippen LogP contribution in [0, 0.1) is 0 Å². The van der Waals surface area contributed by atoms with E-state index in [0.717, 1.165) is 0 Å². The summed E-state index contributed by atoms with van der Waals surface area (Å²) in [7, 11) is 0. The van der Waals surface area contributed by atoms with Gasteiger partial charge in [0, 0.05) is 12.3 Å². The van der Waals surface area contributed by atoms with Gasteiger partial charge in [0.25, 0.3) is 0 Å². The SMILES string of the molecule is O=[C]CC(=O)CCCCl. The summed E-state index contributed by atoms with van der Waals surface area (Å²) < 4.78 is 0. The van der Waals surface area contributed by atoms with Crippen molar-refractivity contribution in [2.45, 2.75) is 19.3 Å². The minimum atomic E-state index is -0.0864. The van der Waals surface area contributed by atoms with Gasteiger partial charge in [-0.3, -0.25) is 9.59 Å². The number of ketones is 1. The molecule has 9 heavy (non-hydrogen) atoms. The second-order valence-electron chi connectivity index (χ2n) is 1.65. The van der Waals surface area contributed by atoms with Crippen molar-refractivity contribution in [3.63, 3.8) is 0 Å². The predicted molar refractivity (Wildman–Crippen MR) is 35.3 cm³/mol. The lowest BCUT2D eigenvalue weighted by Gasteiger charge is -1.89. The number of halogens is 1. The molecule has 0 spiro atoms. The highest BCUT2D eigenvalue weighted by molar-refractivity contribution is 6.17. The van der Waals surface area contributed by atoms with Gasteiger partial charge >= 0.3 is 0 Å². The lowest BCUT2D eigenvalue weighted by molar-refractivity contribution is -0.117. The molecule has 0 saturated heterocycles. The predicted octanol–water partition coefficient (Wildman–Crippen LogP) is 1.07. The van der Waals surface area contributed by atoms with Crippen LogP contribution in [0.2, 0.25) is 0 Å². The molecule has 0 saturated carbocycles. The van der Waals surface area contributed by atoms with Crippen molar-refractivity contribution >= 4 is 23.7 Å². The Balaban J connectivity index is 3.16. The van der Waals surface area contributed by atoms with Gasteiger partial charge in [-0.25, -0.2) is 0 Å². The molecule has 0 heterocycles.